The molecule has 1 unspecified atom stereocenters. The van der Waals surface area contributed by atoms with Crippen molar-refractivity contribution in [1.29, 1.82) is 0 Å². The summed E-state index contributed by atoms with van der Waals surface area (Å²) >= 11 is 0. The van der Waals surface area contributed by atoms with Gasteiger partial charge in [-0.2, -0.15) is 10.2 Å². The number of nitrogens with one attached hydrogen (secondary N) is 1. The highest BCUT2D eigenvalue weighted by molar-refractivity contribution is 7.86. The van der Waals surface area contributed by atoms with Gasteiger partial charge in [0.05, 0.1) is 34.1 Å². The van der Waals surface area contributed by atoms with E-state index in [0.717, 1.165) is 10.9 Å². The van der Waals surface area contributed by atoms with Crippen LogP contribution in [0.2, 0.25) is 0 Å². The van der Waals surface area contributed by atoms with E-state index in [9.17, 15) is 9.00 Å². The number of nitrogens with zero attached hydrogens (tertiary/aromatic N) is 5. The van der Waals surface area contributed by atoms with Crippen LogP contribution in [-0.2, 0) is 18.0 Å². The molecule has 3 aromatic heterocycles. The van der Waals surface area contributed by atoms with Gasteiger partial charge in [-0.25, -0.2) is 13.9 Å². The Hall–Kier alpha value is -3.53. The molecular formula is C17H15N7O2S. The summed E-state index contributed by atoms with van der Waals surface area (Å²) in [6, 6.07) is 9.01. The Bertz CT molecular complexity index is 1160. The summed E-state index contributed by atoms with van der Waals surface area (Å²) < 4.78 is 18.8. The van der Waals surface area contributed by atoms with Crippen molar-refractivity contribution in [1.82, 2.24) is 24.5 Å². The number of rotatable bonds is 5. The van der Waals surface area contributed by atoms with Crippen molar-refractivity contribution in [3.8, 4) is 5.82 Å². The molecule has 0 fully saturated rings. The molecule has 1 aromatic carbocycles. The molecule has 0 aliphatic rings. The summed E-state index contributed by atoms with van der Waals surface area (Å²) in [5.74, 6) is -0.0792. The van der Waals surface area contributed by atoms with Crippen molar-refractivity contribution >= 4 is 33.5 Å². The van der Waals surface area contributed by atoms with E-state index in [-0.39, 0.29) is 5.56 Å². The number of aryl methyl sites for hydroxylation is 1. The van der Waals surface area contributed by atoms with Crippen LogP contribution in [0.15, 0.2) is 60.0 Å². The van der Waals surface area contributed by atoms with Gasteiger partial charge >= 0.3 is 0 Å². The number of aromatic nitrogens is 5. The van der Waals surface area contributed by atoms with Crippen LogP contribution < -0.4 is 10.5 Å². The van der Waals surface area contributed by atoms with Crippen molar-refractivity contribution in [2.45, 2.75) is 4.90 Å². The number of anilines is 1. The molecule has 1 atom stereocenters. The third-order valence-electron chi connectivity index (χ3n) is 4.00. The topological polar surface area (TPSA) is 121 Å². The minimum Gasteiger partial charge on any atom is -0.366 e. The molecule has 0 aliphatic heterocycles. The number of pyridine rings is 1. The fourth-order valence-corrected chi connectivity index (χ4v) is 3.49. The molecule has 0 spiro atoms. The number of nitrogens with two attached hydrogens (primary N) is 1. The zero-order valence-electron chi connectivity index (χ0n) is 14.2. The van der Waals surface area contributed by atoms with Crippen molar-refractivity contribution < 1.29 is 9.00 Å². The van der Waals surface area contributed by atoms with Crippen molar-refractivity contribution in [3.05, 3.63) is 60.7 Å². The first kappa shape index (κ1) is 16.9. The standard InChI is InChI=1S/C17H15N7O2S/c1-23-16-11(7-20-23)3-2-4-14(16)22-27(26)13-5-6-15(19-9-13)24-10-12(8-21-24)17(18)25/h2-10,22H,1H3,(H2,18,25). The number of amides is 1. The van der Waals surface area contributed by atoms with Gasteiger partial charge in [0, 0.05) is 24.8 Å². The molecule has 0 saturated carbocycles. The van der Waals surface area contributed by atoms with Crippen molar-refractivity contribution in [2.75, 3.05) is 4.72 Å². The van der Waals surface area contributed by atoms with Crippen LogP contribution in [0.3, 0.4) is 0 Å². The van der Waals surface area contributed by atoms with Gasteiger partial charge in [0.2, 0.25) is 0 Å². The molecule has 10 heteroatoms. The number of carbonyl (C=O) groups excluding carboxylic acids is 1. The fraction of sp³-hybridized carbons (Fsp3) is 0.0588. The lowest BCUT2D eigenvalue weighted by Crippen LogP contribution is -2.09. The van der Waals surface area contributed by atoms with Gasteiger partial charge in [-0.1, -0.05) is 12.1 Å². The number of primary amides is 1. The Morgan fingerprint density at radius 3 is 2.70 bits per heavy atom. The molecule has 3 heterocycles. The van der Waals surface area contributed by atoms with E-state index in [2.05, 4.69) is 19.9 Å². The Morgan fingerprint density at radius 1 is 1.15 bits per heavy atom. The lowest BCUT2D eigenvalue weighted by molar-refractivity contribution is 0.100. The van der Waals surface area contributed by atoms with Crippen LogP contribution in [0.25, 0.3) is 16.7 Å². The van der Waals surface area contributed by atoms with E-state index in [4.69, 9.17) is 5.73 Å². The third kappa shape index (κ3) is 3.17. The maximum Gasteiger partial charge on any atom is 0.251 e. The molecule has 136 valence electrons. The Morgan fingerprint density at radius 2 is 2.00 bits per heavy atom. The number of benzene rings is 1. The van der Waals surface area contributed by atoms with E-state index in [1.54, 1.807) is 23.0 Å². The smallest absolute Gasteiger partial charge is 0.251 e. The van der Waals surface area contributed by atoms with E-state index < -0.39 is 16.9 Å². The predicted octanol–water partition coefficient (Wildman–Crippen LogP) is 1.39. The van der Waals surface area contributed by atoms with Crippen LogP contribution in [0, 0.1) is 0 Å². The minimum atomic E-state index is -1.51. The first-order chi connectivity index (χ1) is 13.0. The number of hydrogen-bond donors (Lipinski definition) is 2. The summed E-state index contributed by atoms with van der Waals surface area (Å²) in [6.45, 7) is 0. The first-order valence-corrected chi connectivity index (χ1v) is 9.08. The van der Waals surface area contributed by atoms with Gasteiger partial charge in [-0.3, -0.25) is 14.2 Å². The molecule has 4 rings (SSSR count). The second-order valence-electron chi connectivity index (χ2n) is 5.77. The van der Waals surface area contributed by atoms with Gasteiger partial charge in [-0.15, -0.1) is 0 Å². The highest BCUT2D eigenvalue weighted by Crippen LogP contribution is 2.24. The molecule has 0 saturated heterocycles. The number of carbonyl (C=O) groups is 1. The van der Waals surface area contributed by atoms with E-state index in [1.807, 2.05) is 25.2 Å². The molecule has 9 nitrogen and oxygen atoms in total. The normalized spacial score (nSPS) is 12.2. The zero-order valence-corrected chi connectivity index (χ0v) is 15.1. The van der Waals surface area contributed by atoms with E-state index in [1.165, 1.54) is 23.3 Å². The van der Waals surface area contributed by atoms with Crippen LogP contribution in [0.5, 0.6) is 0 Å². The minimum absolute atomic E-state index is 0.287. The molecule has 0 radical (unpaired) electrons. The summed E-state index contributed by atoms with van der Waals surface area (Å²) in [4.78, 5) is 15.9. The Balaban J connectivity index is 1.57. The van der Waals surface area contributed by atoms with Crippen LogP contribution in [-0.4, -0.2) is 34.7 Å². The third-order valence-corrected chi connectivity index (χ3v) is 5.08. The molecule has 4 aromatic rings. The Labute approximate surface area is 156 Å². The molecule has 27 heavy (non-hydrogen) atoms. The van der Waals surface area contributed by atoms with E-state index >= 15 is 0 Å². The zero-order chi connectivity index (χ0) is 19.0. The quantitative estimate of drug-likeness (QED) is 0.541. The van der Waals surface area contributed by atoms with Crippen molar-refractivity contribution in [3.63, 3.8) is 0 Å². The molecule has 0 bridgehead atoms. The summed E-state index contributed by atoms with van der Waals surface area (Å²) in [7, 11) is 0.324. The van der Waals surface area contributed by atoms with Gasteiger partial charge in [0.25, 0.3) is 5.91 Å². The largest absolute Gasteiger partial charge is 0.366 e. The monoisotopic (exact) mass is 381 g/mol. The summed E-state index contributed by atoms with van der Waals surface area (Å²) in [5.41, 5.74) is 7.09. The van der Waals surface area contributed by atoms with Gasteiger partial charge in [0.15, 0.2) is 16.8 Å². The lowest BCUT2D eigenvalue weighted by Gasteiger charge is -2.09. The van der Waals surface area contributed by atoms with Gasteiger partial charge in [-0.05, 0) is 18.2 Å². The maximum absolute atomic E-state index is 12.7. The molecule has 0 aliphatic carbocycles. The number of para-hydroxylation sites is 1. The first-order valence-electron chi connectivity index (χ1n) is 7.93. The predicted molar refractivity (Wildman–Crippen MR) is 101 cm³/mol. The lowest BCUT2D eigenvalue weighted by atomic mass is 10.2. The highest BCUT2D eigenvalue weighted by Gasteiger charge is 2.11. The highest BCUT2D eigenvalue weighted by atomic mass is 32.2. The SMILES string of the molecule is Cn1ncc2cccc(NS(=O)c3ccc(-n4cc(C(N)=O)cn4)nc3)c21. The van der Waals surface area contributed by atoms with Gasteiger partial charge < -0.3 is 5.73 Å². The van der Waals surface area contributed by atoms with Crippen LogP contribution in [0.4, 0.5) is 5.69 Å². The number of fused-ring (bicyclic) bond motifs is 1. The summed E-state index contributed by atoms with van der Waals surface area (Å²) in [6.07, 6.45) is 6.10. The maximum atomic E-state index is 12.7. The second kappa shape index (κ2) is 6.65. The second-order valence-corrected chi connectivity index (χ2v) is 6.99. The molecule has 3 N–H and O–H groups in total. The molecule has 1 amide bonds. The van der Waals surface area contributed by atoms with Crippen LogP contribution in [0.1, 0.15) is 10.4 Å². The summed E-state index contributed by atoms with van der Waals surface area (Å²) in [5, 5.41) is 9.21. The fourth-order valence-electron chi connectivity index (χ4n) is 2.67. The van der Waals surface area contributed by atoms with Crippen LogP contribution >= 0.6 is 0 Å². The van der Waals surface area contributed by atoms with E-state index in [0.29, 0.717) is 16.4 Å². The average molecular weight is 381 g/mol. The Kier molecular flexibility index (Phi) is 4.16. The molecular weight excluding hydrogens is 366 g/mol. The average Bonchev–Trinajstić information content (AvgIpc) is 3.30. The van der Waals surface area contributed by atoms with Gasteiger partial charge in [0.1, 0.15) is 0 Å². The number of hydrogen-bond acceptors (Lipinski definition) is 5. The van der Waals surface area contributed by atoms with Crippen molar-refractivity contribution in [2.24, 2.45) is 12.8 Å².